The summed E-state index contributed by atoms with van der Waals surface area (Å²) in [6, 6.07) is 12.3. The minimum Gasteiger partial charge on any atom is -0.458 e. The van der Waals surface area contributed by atoms with Crippen LogP contribution >= 0.6 is 0 Å². The van der Waals surface area contributed by atoms with Gasteiger partial charge < -0.3 is 30.2 Å². The molecule has 0 unspecified atom stereocenters. The fourth-order valence-electron chi connectivity index (χ4n) is 5.14. The van der Waals surface area contributed by atoms with Gasteiger partial charge >= 0.3 is 18.2 Å². The van der Waals surface area contributed by atoms with Crippen LogP contribution in [0.15, 0.2) is 60.8 Å². The number of hydrogen-bond acceptors (Lipinski definition) is 8. The van der Waals surface area contributed by atoms with E-state index in [0.29, 0.717) is 35.1 Å². The van der Waals surface area contributed by atoms with Crippen molar-refractivity contribution >= 4 is 40.9 Å². The molecular formula is C36H48N4O8. The maximum atomic E-state index is 14.0. The van der Waals surface area contributed by atoms with E-state index in [0.717, 1.165) is 6.42 Å². The molecule has 48 heavy (non-hydrogen) atoms. The van der Waals surface area contributed by atoms with Crippen LogP contribution in [0, 0.1) is 5.92 Å². The number of aromatic nitrogens is 1. The molecule has 1 aromatic heterocycles. The van der Waals surface area contributed by atoms with Crippen molar-refractivity contribution in [3.05, 3.63) is 66.4 Å². The molecule has 0 spiro atoms. The maximum absolute atomic E-state index is 14.0. The van der Waals surface area contributed by atoms with Crippen molar-refractivity contribution in [2.45, 2.75) is 97.4 Å². The fraction of sp³-hybridized carbons (Fsp3) is 0.472. The first-order chi connectivity index (χ1) is 22.7. The number of carbonyl (C=O) groups is 5. The van der Waals surface area contributed by atoms with Crippen molar-refractivity contribution in [3.63, 3.8) is 0 Å². The summed E-state index contributed by atoms with van der Waals surface area (Å²) in [5.41, 5.74) is 0.359. The number of carbonyl (C=O) groups excluding carboxylic acids is 5. The van der Waals surface area contributed by atoms with E-state index < -0.39 is 53.7 Å². The van der Waals surface area contributed by atoms with Crippen LogP contribution in [0.1, 0.15) is 72.8 Å². The number of methoxy groups -OCH3 is 1. The minimum absolute atomic E-state index is 0.00586. The topological polar surface area (TPSA) is 154 Å². The molecule has 260 valence electrons. The molecule has 3 rings (SSSR count). The summed E-state index contributed by atoms with van der Waals surface area (Å²) in [5, 5.41) is 8.91. The largest absolute Gasteiger partial charge is 0.458 e. The molecule has 0 fully saturated rings. The van der Waals surface area contributed by atoms with Gasteiger partial charge in [-0.05, 0) is 63.3 Å². The average Bonchev–Trinajstić information content (AvgIpc) is 3.39. The highest BCUT2D eigenvalue weighted by atomic mass is 16.6. The van der Waals surface area contributed by atoms with Crippen LogP contribution in [-0.4, -0.2) is 65.4 Å². The lowest BCUT2D eigenvalue weighted by atomic mass is 10.0. The number of rotatable bonds is 14. The zero-order chi connectivity index (χ0) is 35.4. The highest BCUT2D eigenvalue weighted by molar-refractivity contribution is 5.95. The monoisotopic (exact) mass is 664 g/mol. The SMILES string of the molecule is CCCC[C@@H](NC(=O)[C@@H](Cc1cn(C(=O)OC)c2ccccc12)NC(=O)[C@H](CC(C)C)NC(=O)Oc1ccccc1)C(=O)OC(C)(C)C. The molecule has 3 aromatic rings. The Morgan fingerprint density at radius 1 is 0.833 bits per heavy atom. The molecule has 0 bridgehead atoms. The zero-order valence-electron chi connectivity index (χ0n) is 28.8. The van der Waals surface area contributed by atoms with Crippen LogP contribution in [0.4, 0.5) is 9.59 Å². The molecule has 3 N–H and O–H groups in total. The number of unbranched alkanes of at least 4 members (excludes halogenated alkanes) is 1. The average molecular weight is 665 g/mol. The molecule has 12 nitrogen and oxygen atoms in total. The summed E-state index contributed by atoms with van der Waals surface area (Å²) >= 11 is 0. The second-order valence-electron chi connectivity index (χ2n) is 13.0. The standard InChI is InChI=1S/C36H48N4O8/c1-8-9-18-27(33(43)48-36(4,5)6)37-32(42)29(21-24-22-40(35(45)46-7)30-19-14-13-17-26(24)30)38-31(41)28(20-23(2)3)39-34(44)47-25-15-11-10-12-16-25/h10-17,19,22-23,27-29H,8-9,18,20-21H2,1-7H3,(H,37,42)(H,38,41)(H,39,44)/t27-,28+,29-/m1/s1. The van der Waals surface area contributed by atoms with E-state index in [2.05, 4.69) is 16.0 Å². The van der Waals surface area contributed by atoms with E-state index in [9.17, 15) is 24.0 Å². The van der Waals surface area contributed by atoms with E-state index in [-0.39, 0.29) is 18.8 Å². The minimum atomic E-state index is -1.21. The van der Waals surface area contributed by atoms with Crippen molar-refractivity contribution in [2.24, 2.45) is 5.92 Å². The number of ether oxygens (including phenoxy) is 3. The Bertz CT molecular complexity index is 1560. The van der Waals surface area contributed by atoms with Crippen LogP contribution in [-0.2, 0) is 30.3 Å². The third-order valence-corrected chi connectivity index (χ3v) is 7.35. The molecule has 0 aliphatic heterocycles. The Morgan fingerprint density at radius 2 is 1.46 bits per heavy atom. The Labute approximate surface area is 281 Å². The predicted octanol–water partition coefficient (Wildman–Crippen LogP) is 5.50. The van der Waals surface area contributed by atoms with E-state index in [1.54, 1.807) is 81.6 Å². The molecule has 3 amide bonds. The molecule has 0 radical (unpaired) electrons. The number of benzene rings is 2. The van der Waals surface area contributed by atoms with E-state index in [1.807, 2.05) is 20.8 Å². The molecule has 0 saturated heterocycles. The third-order valence-electron chi connectivity index (χ3n) is 7.35. The lowest BCUT2D eigenvalue weighted by Crippen LogP contribution is -2.57. The van der Waals surface area contributed by atoms with Gasteiger partial charge in [-0.2, -0.15) is 0 Å². The summed E-state index contributed by atoms with van der Waals surface area (Å²) in [6.45, 7) is 11.0. The van der Waals surface area contributed by atoms with Gasteiger partial charge in [0.15, 0.2) is 0 Å². The number of hydrogen-bond donors (Lipinski definition) is 3. The predicted molar refractivity (Wildman–Crippen MR) is 182 cm³/mol. The highest BCUT2D eigenvalue weighted by Gasteiger charge is 2.33. The van der Waals surface area contributed by atoms with E-state index in [4.69, 9.17) is 14.2 Å². The van der Waals surface area contributed by atoms with Gasteiger partial charge in [0.1, 0.15) is 29.5 Å². The highest BCUT2D eigenvalue weighted by Crippen LogP contribution is 2.23. The lowest BCUT2D eigenvalue weighted by Gasteiger charge is -2.27. The number of fused-ring (bicyclic) bond motifs is 1. The number of nitrogens with one attached hydrogen (secondary N) is 3. The van der Waals surface area contributed by atoms with E-state index >= 15 is 0 Å². The van der Waals surface area contributed by atoms with Crippen LogP contribution in [0.3, 0.4) is 0 Å². The first-order valence-electron chi connectivity index (χ1n) is 16.3. The number of nitrogens with zero attached hydrogens (tertiary/aromatic N) is 1. The van der Waals surface area contributed by atoms with Crippen LogP contribution in [0.5, 0.6) is 5.75 Å². The van der Waals surface area contributed by atoms with Crippen molar-refractivity contribution in [1.29, 1.82) is 0 Å². The molecule has 0 aliphatic carbocycles. The second kappa shape index (κ2) is 17.3. The number of amides is 3. The van der Waals surface area contributed by atoms with Gasteiger partial charge in [-0.1, -0.05) is 70.0 Å². The van der Waals surface area contributed by atoms with Crippen LogP contribution < -0.4 is 20.7 Å². The summed E-state index contributed by atoms with van der Waals surface area (Å²) in [5.74, 6) is -1.53. The Balaban J connectivity index is 1.96. The quantitative estimate of drug-likeness (QED) is 0.191. The summed E-state index contributed by atoms with van der Waals surface area (Å²) in [7, 11) is 1.27. The summed E-state index contributed by atoms with van der Waals surface area (Å²) in [4.78, 5) is 66.4. The number of esters is 1. The van der Waals surface area contributed by atoms with Crippen molar-refractivity contribution < 1.29 is 38.2 Å². The lowest BCUT2D eigenvalue weighted by molar-refractivity contribution is -0.159. The van der Waals surface area contributed by atoms with Crippen LogP contribution in [0.25, 0.3) is 10.9 Å². The zero-order valence-corrected chi connectivity index (χ0v) is 28.8. The second-order valence-corrected chi connectivity index (χ2v) is 13.0. The van der Waals surface area contributed by atoms with E-state index in [1.165, 1.54) is 11.7 Å². The number of para-hydroxylation sites is 2. The molecule has 1 heterocycles. The van der Waals surface area contributed by atoms with Crippen LogP contribution in [0.2, 0.25) is 0 Å². The van der Waals surface area contributed by atoms with Gasteiger partial charge in [-0.15, -0.1) is 0 Å². The Kier molecular flexibility index (Phi) is 13.6. The molecular weight excluding hydrogens is 616 g/mol. The van der Waals surface area contributed by atoms with Gasteiger partial charge in [0.05, 0.1) is 12.6 Å². The summed E-state index contributed by atoms with van der Waals surface area (Å²) < 4.78 is 17.2. The smallest absolute Gasteiger partial charge is 0.418 e. The molecule has 0 saturated carbocycles. The first kappa shape index (κ1) is 37.6. The normalized spacial score (nSPS) is 13.2. The molecule has 0 aliphatic rings. The first-order valence-corrected chi connectivity index (χ1v) is 16.3. The van der Waals surface area contributed by atoms with Crippen molar-refractivity contribution in [3.8, 4) is 5.75 Å². The van der Waals surface area contributed by atoms with Gasteiger partial charge in [-0.3, -0.25) is 14.2 Å². The van der Waals surface area contributed by atoms with Gasteiger partial charge in [0.2, 0.25) is 11.8 Å². The Morgan fingerprint density at radius 3 is 2.08 bits per heavy atom. The molecule has 2 aromatic carbocycles. The maximum Gasteiger partial charge on any atom is 0.418 e. The van der Waals surface area contributed by atoms with Gasteiger partial charge in [0, 0.05) is 18.0 Å². The van der Waals surface area contributed by atoms with Gasteiger partial charge in [0.25, 0.3) is 0 Å². The molecule has 12 heteroatoms. The fourth-order valence-corrected chi connectivity index (χ4v) is 5.14. The van der Waals surface area contributed by atoms with Crippen molar-refractivity contribution in [2.75, 3.05) is 7.11 Å². The van der Waals surface area contributed by atoms with Gasteiger partial charge in [-0.25, -0.2) is 14.4 Å². The van der Waals surface area contributed by atoms with Crippen molar-refractivity contribution in [1.82, 2.24) is 20.5 Å². The Hall–Kier alpha value is -4.87. The third kappa shape index (κ3) is 11.1. The summed E-state index contributed by atoms with van der Waals surface area (Å²) in [6.07, 6.45) is 2.10. The molecule has 3 atom stereocenters.